The van der Waals surface area contributed by atoms with Gasteiger partial charge in [0.2, 0.25) is 5.91 Å². The van der Waals surface area contributed by atoms with Gasteiger partial charge in [0.25, 0.3) is 0 Å². The smallest absolute Gasteiger partial charge is 0.231 e. The van der Waals surface area contributed by atoms with E-state index in [1.54, 1.807) is 18.1 Å². The van der Waals surface area contributed by atoms with Gasteiger partial charge in [-0.3, -0.25) is 9.78 Å². The molecular weight excluding hydrogens is 290 g/mol. The molecule has 6 heteroatoms. The second-order valence-corrected chi connectivity index (χ2v) is 5.54. The Balaban J connectivity index is 1.70. The van der Waals surface area contributed by atoms with Crippen molar-refractivity contribution >= 4 is 17.4 Å². The summed E-state index contributed by atoms with van der Waals surface area (Å²) in [5, 5.41) is 8.91. The predicted octanol–water partition coefficient (Wildman–Crippen LogP) is 1.84. The molecule has 1 saturated heterocycles. The molecule has 23 heavy (non-hydrogen) atoms. The molecule has 1 atom stereocenters. The molecule has 0 aliphatic carbocycles. The number of rotatable bonds is 3. The fourth-order valence-electron chi connectivity index (χ4n) is 2.78. The first-order valence-corrected chi connectivity index (χ1v) is 7.49. The number of carbonyl (C=O) groups excluding carboxylic acids is 1. The maximum Gasteiger partial charge on any atom is 0.231 e. The van der Waals surface area contributed by atoms with Gasteiger partial charge in [-0.2, -0.15) is 5.26 Å². The van der Waals surface area contributed by atoms with Gasteiger partial charge in [0.05, 0.1) is 18.3 Å². The summed E-state index contributed by atoms with van der Waals surface area (Å²) in [7, 11) is 1.80. The van der Waals surface area contributed by atoms with Crippen LogP contribution >= 0.6 is 0 Å². The number of hydrogen-bond donors (Lipinski definition) is 0. The van der Waals surface area contributed by atoms with E-state index in [1.807, 2.05) is 41.3 Å². The lowest BCUT2D eigenvalue weighted by Crippen LogP contribution is -2.34. The third-order valence-corrected chi connectivity index (χ3v) is 4.07. The average molecular weight is 307 g/mol. The molecule has 1 aliphatic heterocycles. The lowest BCUT2D eigenvalue weighted by atomic mass is 10.1. The normalized spacial score (nSPS) is 16.9. The summed E-state index contributed by atoms with van der Waals surface area (Å²) < 4.78 is 0. The molecule has 1 aromatic carbocycles. The third kappa shape index (κ3) is 3.14. The molecule has 6 nitrogen and oxygen atoms in total. The zero-order valence-electron chi connectivity index (χ0n) is 12.9. The summed E-state index contributed by atoms with van der Waals surface area (Å²) in [4.78, 5) is 24.6. The SMILES string of the molecule is CN(C(=O)[C@H]1CCN(c2cncc(C#N)n2)C1)c1ccccc1. The number of carbonyl (C=O) groups is 1. The van der Waals surface area contributed by atoms with Crippen LogP contribution in [0.2, 0.25) is 0 Å². The fourth-order valence-corrected chi connectivity index (χ4v) is 2.78. The number of anilines is 2. The molecule has 1 amide bonds. The predicted molar refractivity (Wildman–Crippen MR) is 86.9 cm³/mol. The third-order valence-electron chi connectivity index (χ3n) is 4.07. The Morgan fingerprint density at radius 2 is 2.13 bits per heavy atom. The van der Waals surface area contributed by atoms with E-state index < -0.39 is 0 Å². The average Bonchev–Trinajstić information content (AvgIpc) is 3.11. The molecule has 0 bridgehead atoms. The summed E-state index contributed by atoms with van der Waals surface area (Å²) in [6, 6.07) is 11.6. The molecule has 0 saturated carbocycles. The largest absolute Gasteiger partial charge is 0.354 e. The molecule has 116 valence electrons. The van der Waals surface area contributed by atoms with Crippen LogP contribution in [0.5, 0.6) is 0 Å². The summed E-state index contributed by atoms with van der Waals surface area (Å²) in [6.07, 6.45) is 3.84. The Labute approximate surface area is 135 Å². The molecular formula is C17H17N5O. The van der Waals surface area contributed by atoms with E-state index in [9.17, 15) is 4.79 Å². The maximum absolute atomic E-state index is 12.7. The van der Waals surface area contributed by atoms with E-state index in [0.717, 1.165) is 18.7 Å². The van der Waals surface area contributed by atoms with Crippen LogP contribution in [-0.2, 0) is 4.79 Å². The number of benzene rings is 1. The van der Waals surface area contributed by atoms with Crippen molar-refractivity contribution in [2.75, 3.05) is 29.9 Å². The minimum Gasteiger partial charge on any atom is -0.354 e. The Morgan fingerprint density at radius 1 is 1.35 bits per heavy atom. The van der Waals surface area contributed by atoms with E-state index in [1.165, 1.54) is 6.20 Å². The van der Waals surface area contributed by atoms with E-state index in [0.29, 0.717) is 18.1 Å². The minimum absolute atomic E-state index is 0.0762. The molecule has 1 aliphatic rings. The maximum atomic E-state index is 12.7. The summed E-state index contributed by atoms with van der Waals surface area (Å²) in [5.41, 5.74) is 1.18. The summed E-state index contributed by atoms with van der Waals surface area (Å²) >= 11 is 0. The van der Waals surface area contributed by atoms with Crippen LogP contribution in [0.3, 0.4) is 0 Å². The Bertz CT molecular complexity index is 740. The van der Waals surface area contributed by atoms with Gasteiger partial charge >= 0.3 is 0 Å². The Hall–Kier alpha value is -2.94. The van der Waals surface area contributed by atoms with Gasteiger partial charge in [0.15, 0.2) is 5.69 Å². The zero-order chi connectivity index (χ0) is 16.2. The van der Waals surface area contributed by atoms with Crippen LogP contribution in [0, 0.1) is 17.2 Å². The number of amides is 1. The van der Waals surface area contributed by atoms with Crippen LogP contribution in [0.4, 0.5) is 11.5 Å². The topological polar surface area (TPSA) is 73.1 Å². The van der Waals surface area contributed by atoms with Gasteiger partial charge in [0, 0.05) is 25.8 Å². The highest BCUT2D eigenvalue weighted by atomic mass is 16.2. The van der Waals surface area contributed by atoms with E-state index >= 15 is 0 Å². The van der Waals surface area contributed by atoms with Crippen molar-refractivity contribution < 1.29 is 4.79 Å². The van der Waals surface area contributed by atoms with Gasteiger partial charge in [0.1, 0.15) is 11.9 Å². The van der Waals surface area contributed by atoms with Crippen molar-refractivity contribution in [2.45, 2.75) is 6.42 Å². The highest BCUT2D eigenvalue weighted by Crippen LogP contribution is 2.24. The molecule has 1 fully saturated rings. The van der Waals surface area contributed by atoms with Gasteiger partial charge in [-0.1, -0.05) is 18.2 Å². The minimum atomic E-state index is -0.0762. The van der Waals surface area contributed by atoms with E-state index in [4.69, 9.17) is 5.26 Å². The second kappa shape index (κ2) is 6.44. The number of nitriles is 1. The van der Waals surface area contributed by atoms with Crippen LogP contribution < -0.4 is 9.80 Å². The van der Waals surface area contributed by atoms with Crippen LogP contribution in [0.25, 0.3) is 0 Å². The Kier molecular flexibility index (Phi) is 4.20. The second-order valence-electron chi connectivity index (χ2n) is 5.54. The van der Waals surface area contributed by atoms with Crippen LogP contribution in [-0.4, -0.2) is 36.0 Å². The Morgan fingerprint density at radius 3 is 2.87 bits per heavy atom. The lowest BCUT2D eigenvalue weighted by Gasteiger charge is -2.22. The first-order valence-electron chi connectivity index (χ1n) is 7.49. The number of hydrogen-bond acceptors (Lipinski definition) is 5. The van der Waals surface area contributed by atoms with Crippen LogP contribution in [0.1, 0.15) is 12.1 Å². The molecule has 0 N–H and O–H groups in total. The van der Waals surface area contributed by atoms with Crippen molar-refractivity contribution in [3.63, 3.8) is 0 Å². The number of nitrogens with zero attached hydrogens (tertiary/aromatic N) is 5. The first-order chi connectivity index (χ1) is 11.2. The van der Waals surface area contributed by atoms with E-state index in [2.05, 4.69) is 9.97 Å². The molecule has 0 unspecified atom stereocenters. The number of aromatic nitrogens is 2. The molecule has 3 rings (SSSR count). The molecule has 0 radical (unpaired) electrons. The first kappa shape index (κ1) is 15.0. The van der Waals surface area contributed by atoms with Crippen molar-refractivity contribution in [3.05, 3.63) is 48.4 Å². The summed E-state index contributed by atoms with van der Waals surface area (Å²) in [5.74, 6) is 0.678. The highest BCUT2D eigenvalue weighted by Gasteiger charge is 2.31. The van der Waals surface area contributed by atoms with Gasteiger partial charge in [-0.05, 0) is 18.6 Å². The van der Waals surface area contributed by atoms with Gasteiger partial charge in [-0.25, -0.2) is 4.98 Å². The molecule has 1 aromatic heterocycles. The van der Waals surface area contributed by atoms with Crippen LogP contribution in [0.15, 0.2) is 42.7 Å². The summed E-state index contributed by atoms with van der Waals surface area (Å²) in [6.45, 7) is 1.34. The molecule has 0 spiro atoms. The van der Waals surface area contributed by atoms with Crippen molar-refractivity contribution in [1.29, 1.82) is 5.26 Å². The highest BCUT2D eigenvalue weighted by molar-refractivity contribution is 5.95. The monoisotopic (exact) mass is 307 g/mol. The standard InChI is InChI=1S/C17H17N5O/c1-21(15-5-3-2-4-6-15)17(23)13-7-8-22(12-13)16-11-19-10-14(9-18)20-16/h2-6,10-11,13H,7-8,12H2,1H3/t13-/m0/s1. The van der Waals surface area contributed by atoms with Crippen molar-refractivity contribution in [2.24, 2.45) is 5.92 Å². The fraction of sp³-hybridized carbons (Fsp3) is 0.294. The lowest BCUT2D eigenvalue weighted by molar-refractivity contribution is -0.121. The quantitative estimate of drug-likeness (QED) is 0.865. The zero-order valence-corrected chi connectivity index (χ0v) is 12.9. The van der Waals surface area contributed by atoms with Crippen molar-refractivity contribution in [3.8, 4) is 6.07 Å². The number of para-hydroxylation sites is 1. The van der Waals surface area contributed by atoms with E-state index in [-0.39, 0.29) is 11.8 Å². The molecule has 2 aromatic rings. The van der Waals surface area contributed by atoms with Crippen molar-refractivity contribution in [1.82, 2.24) is 9.97 Å². The van der Waals surface area contributed by atoms with Gasteiger partial charge in [-0.15, -0.1) is 0 Å². The van der Waals surface area contributed by atoms with Gasteiger partial charge < -0.3 is 9.80 Å². The molecule has 2 heterocycles.